The van der Waals surface area contributed by atoms with Crippen molar-refractivity contribution in [1.82, 2.24) is 4.98 Å². The van der Waals surface area contributed by atoms with E-state index in [0.717, 1.165) is 18.4 Å². The molecule has 0 bridgehead atoms. The molecule has 0 aliphatic rings. The molecule has 1 atom stereocenters. The SMILES string of the molecule is CCC(CC)(c1ccc(OCc2coc(-c3c(Cl)cccc3Cl)n2)cc1)c1ccc(OC(C)C(=O)O)cc1. The normalized spacial score (nSPS) is 12.2. The molecule has 0 aliphatic carbocycles. The second kappa shape index (κ2) is 11.9. The van der Waals surface area contributed by atoms with E-state index >= 15 is 0 Å². The highest BCUT2D eigenvalue weighted by molar-refractivity contribution is 6.38. The maximum Gasteiger partial charge on any atom is 0.344 e. The molecule has 1 N–H and O–H groups in total. The topological polar surface area (TPSA) is 81.8 Å². The summed E-state index contributed by atoms with van der Waals surface area (Å²) in [6.45, 7) is 6.07. The first-order valence-electron chi connectivity index (χ1n) is 12.4. The Morgan fingerprint density at radius 3 is 2.03 bits per heavy atom. The van der Waals surface area contributed by atoms with E-state index < -0.39 is 12.1 Å². The van der Waals surface area contributed by atoms with Crippen molar-refractivity contribution in [2.24, 2.45) is 0 Å². The maximum atomic E-state index is 11.1. The predicted molar refractivity (Wildman–Crippen MR) is 148 cm³/mol. The van der Waals surface area contributed by atoms with Crippen LogP contribution in [-0.4, -0.2) is 22.2 Å². The van der Waals surface area contributed by atoms with Crippen LogP contribution in [0.3, 0.4) is 0 Å². The summed E-state index contributed by atoms with van der Waals surface area (Å²) in [6, 6.07) is 21.0. The van der Waals surface area contributed by atoms with Crippen LogP contribution in [0, 0.1) is 0 Å². The Kier molecular flexibility index (Phi) is 8.65. The molecule has 4 rings (SSSR count). The zero-order chi connectivity index (χ0) is 27.3. The molecule has 198 valence electrons. The van der Waals surface area contributed by atoms with Crippen LogP contribution in [0.15, 0.2) is 77.4 Å². The molecule has 0 amide bonds. The summed E-state index contributed by atoms with van der Waals surface area (Å²) >= 11 is 12.5. The van der Waals surface area contributed by atoms with Crippen LogP contribution >= 0.6 is 23.2 Å². The fraction of sp³-hybridized carbons (Fsp3) is 0.267. The van der Waals surface area contributed by atoms with E-state index in [4.69, 9.17) is 42.2 Å². The Morgan fingerprint density at radius 2 is 1.50 bits per heavy atom. The van der Waals surface area contributed by atoms with E-state index in [1.165, 1.54) is 18.8 Å². The average molecular weight is 554 g/mol. The van der Waals surface area contributed by atoms with Gasteiger partial charge in [0.25, 0.3) is 0 Å². The fourth-order valence-corrected chi connectivity index (χ4v) is 5.12. The van der Waals surface area contributed by atoms with Gasteiger partial charge in [0.1, 0.15) is 30.1 Å². The number of halogens is 2. The van der Waals surface area contributed by atoms with Crippen molar-refractivity contribution in [3.63, 3.8) is 0 Å². The molecular weight excluding hydrogens is 525 g/mol. The van der Waals surface area contributed by atoms with Crippen LogP contribution < -0.4 is 9.47 Å². The zero-order valence-corrected chi connectivity index (χ0v) is 22.9. The molecule has 6 nitrogen and oxygen atoms in total. The largest absolute Gasteiger partial charge is 0.487 e. The summed E-state index contributed by atoms with van der Waals surface area (Å²) in [5.74, 6) is 0.587. The Morgan fingerprint density at radius 1 is 0.947 bits per heavy atom. The molecule has 0 aliphatic heterocycles. The summed E-state index contributed by atoms with van der Waals surface area (Å²) in [5.41, 5.74) is 3.28. The van der Waals surface area contributed by atoms with E-state index in [9.17, 15) is 4.79 Å². The average Bonchev–Trinajstić information content (AvgIpc) is 3.38. The highest BCUT2D eigenvalue weighted by atomic mass is 35.5. The highest BCUT2D eigenvalue weighted by Crippen LogP contribution is 2.40. The molecule has 1 aromatic heterocycles. The molecule has 4 aromatic rings. The minimum atomic E-state index is -0.998. The third-order valence-electron chi connectivity index (χ3n) is 6.80. The quantitative estimate of drug-likeness (QED) is 0.201. The number of aromatic nitrogens is 1. The smallest absolute Gasteiger partial charge is 0.344 e. The van der Waals surface area contributed by atoms with Crippen LogP contribution in [0.1, 0.15) is 50.4 Å². The van der Waals surface area contributed by atoms with Gasteiger partial charge in [-0.1, -0.05) is 67.4 Å². The Balaban J connectivity index is 1.47. The van der Waals surface area contributed by atoms with Gasteiger partial charge in [0, 0.05) is 5.41 Å². The van der Waals surface area contributed by atoms with Gasteiger partial charge >= 0.3 is 5.97 Å². The van der Waals surface area contributed by atoms with E-state index in [1.807, 2.05) is 36.4 Å². The lowest BCUT2D eigenvalue weighted by Gasteiger charge is -2.33. The lowest BCUT2D eigenvalue weighted by molar-refractivity contribution is -0.144. The number of carbonyl (C=O) groups is 1. The standard InChI is InChI=1S/C30H29Cl2NO5/c1-4-30(5-2,21-11-15-24(16-12-21)38-19(3)29(34)35)20-9-13-23(14-10-20)36-17-22-18-37-28(33-22)27-25(31)7-6-8-26(27)32/h6-16,18-19H,4-5,17H2,1-3H3,(H,34,35). The number of ether oxygens (including phenoxy) is 2. The first-order valence-corrected chi connectivity index (χ1v) is 13.1. The lowest BCUT2D eigenvalue weighted by Crippen LogP contribution is -2.26. The number of rotatable bonds is 11. The van der Waals surface area contributed by atoms with E-state index in [2.05, 4.69) is 31.0 Å². The van der Waals surface area contributed by atoms with Crippen LogP contribution in [0.25, 0.3) is 11.5 Å². The van der Waals surface area contributed by atoms with Gasteiger partial charge in [0.15, 0.2) is 6.10 Å². The van der Waals surface area contributed by atoms with Gasteiger partial charge in [0.05, 0.1) is 15.6 Å². The summed E-state index contributed by atoms with van der Waals surface area (Å²) < 4.78 is 17.0. The van der Waals surface area contributed by atoms with Gasteiger partial charge in [-0.25, -0.2) is 9.78 Å². The summed E-state index contributed by atoms with van der Waals surface area (Å²) in [6.07, 6.45) is 2.41. The minimum Gasteiger partial charge on any atom is -0.487 e. The molecule has 0 saturated heterocycles. The third kappa shape index (κ3) is 5.82. The van der Waals surface area contributed by atoms with Gasteiger partial charge in [-0.15, -0.1) is 0 Å². The third-order valence-corrected chi connectivity index (χ3v) is 7.43. The second-order valence-electron chi connectivity index (χ2n) is 8.97. The molecule has 0 fully saturated rings. The van der Waals surface area contributed by atoms with Crippen molar-refractivity contribution in [2.45, 2.75) is 51.7 Å². The molecule has 0 saturated carbocycles. The number of carboxylic acids is 1. The van der Waals surface area contributed by atoms with Gasteiger partial charge < -0.3 is 19.0 Å². The summed E-state index contributed by atoms with van der Waals surface area (Å²) in [7, 11) is 0. The Bertz CT molecular complexity index is 1360. The number of carboxylic acid groups (broad SMARTS) is 1. The van der Waals surface area contributed by atoms with E-state index in [-0.39, 0.29) is 12.0 Å². The number of benzene rings is 3. The van der Waals surface area contributed by atoms with Gasteiger partial charge in [-0.2, -0.15) is 0 Å². The molecular formula is C30H29Cl2NO5. The number of hydrogen-bond donors (Lipinski definition) is 1. The molecule has 8 heteroatoms. The molecule has 38 heavy (non-hydrogen) atoms. The van der Waals surface area contributed by atoms with Crippen LogP contribution in [0.5, 0.6) is 11.5 Å². The monoisotopic (exact) mass is 553 g/mol. The molecule has 3 aromatic carbocycles. The molecule has 0 spiro atoms. The Labute approximate surface area is 232 Å². The van der Waals surface area contributed by atoms with Crippen molar-refractivity contribution in [3.05, 3.63) is 99.9 Å². The first kappa shape index (κ1) is 27.6. The van der Waals surface area contributed by atoms with Crippen LogP contribution in [0.2, 0.25) is 10.0 Å². The van der Waals surface area contributed by atoms with Gasteiger partial charge in [-0.3, -0.25) is 0 Å². The fourth-order valence-electron chi connectivity index (χ4n) is 4.56. The van der Waals surface area contributed by atoms with Crippen LogP contribution in [-0.2, 0) is 16.8 Å². The number of aliphatic carboxylic acids is 1. The van der Waals surface area contributed by atoms with Crippen molar-refractivity contribution < 1.29 is 23.8 Å². The van der Waals surface area contributed by atoms with Gasteiger partial charge in [-0.05, 0) is 67.3 Å². The van der Waals surface area contributed by atoms with Crippen molar-refractivity contribution in [3.8, 4) is 23.0 Å². The molecule has 1 heterocycles. The van der Waals surface area contributed by atoms with Gasteiger partial charge in [0.2, 0.25) is 5.89 Å². The highest BCUT2D eigenvalue weighted by Gasteiger charge is 2.30. The van der Waals surface area contributed by atoms with E-state index in [1.54, 1.807) is 18.2 Å². The number of nitrogens with zero attached hydrogens (tertiary/aromatic N) is 1. The van der Waals surface area contributed by atoms with Crippen LogP contribution in [0.4, 0.5) is 0 Å². The Hall–Kier alpha value is -3.48. The number of oxazole rings is 1. The lowest BCUT2D eigenvalue weighted by atomic mass is 9.70. The molecule has 1 unspecified atom stereocenters. The zero-order valence-electron chi connectivity index (χ0n) is 21.4. The second-order valence-corrected chi connectivity index (χ2v) is 9.78. The minimum absolute atomic E-state index is 0.204. The molecule has 0 radical (unpaired) electrons. The maximum absolute atomic E-state index is 11.1. The first-order chi connectivity index (χ1) is 18.3. The predicted octanol–water partition coefficient (Wildman–Crippen LogP) is 8.19. The summed E-state index contributed by atoms with van der Waals surface area (Å²) in [5, 5.41) is 10.0. The van der Waals surface area contributed by atoms with Crippen molar-refractivity contribution >= 4 is 29.2 Å². The van der Waals surface area contributed by atoms with Crippen molar-refractivity contribution in [1.29, 1.82) is 0 Å². The van der Waals surface area contributed by atoms with Crippen molar-refractivity contribution in [2.75, 3.05) is 0 Å². The van der Waals surface area contributed by atoms with E-state index in [0.29, 0.717) is 38.7 Å². The number of hydrogen-bond acceptors (Lipinski definition) is 5. The summed E-state index contributed by atoms with van der Waals surface area (Å²) in [4.78, 5) is 15.6.